The number of nitrogens with one attached hydrogen (secondary N) is 1. The van der Waals surface area contributed by atoms with Gasteiger partial charge >= 0.3 is 12.6 Å². The van der Waals surface area contributed by atoms with E-state index in [1.807, 2.05) is 0 Å². The molecule has 1 saturated carbocycles. The summed E-state index contributed by atoms with van der Waals surface area (Å²) in [5.41, 5.74) is 0.948. The maximum atomic E-state index is 13.4. The second-order valence-electron chi connectivity index (χ2n) is 10.6. The highest BCUT2D eigenvalue weighted by Crippen LogP contribution is 2.38. The summed E-state index contributed by atoms with van der Waals surface area (Å²) in [6, 6.07) is 11.9. The van der Waals surface area contributed by atoms with Crippen LogP contribution in [0.2, 0.25) is 10.0 Å². The van der Waals surface area contributed by atoms with Crippen molar-refractivity contribution in [2.75, 3.05) is 13.2 Å². The number of aromatic nitrogens is 1. The molecule has 0 unspecified atom stereocenters. The number of sulfonamides is 1. The molecule has 44 heavy (non-hydrogen) atoms. The third-order valence-corrected chi connectivity index (χ3v) is 10.1. The normalized spacial score (nSPS) is 17.6. The Morgan fingerprint density at radius 1 is 1.02 bits per heavy atom. The van der Waals surface area contributed by atoms with Crippen molar-refractivity contribution in [1.82, 2.24) is 4.31 Å². The van der Waals surface area contributed by atoms with Gasteiger partial charge in [0.15, 0.2) is 23.9 Å². The van der Waals surface area contributed by atoms with Gasteiger partial charge < -0.3 is 19.7 Å². The summed E-state index contributed by atoms with van der Waals surface area (Å²) < 4.78 is 70.6. The van der Waals surface area contributed by atoms with E-state index in [1.54, 1.807) is 18.2 Å². The lowest BCUT2D eigenvalue weighted by atomic mass is 10.0. The van der Waals surface area contributed by atoms with Crippen molar-refractivity contribution in [2.45, 2.75) is 62.2 Å². The van der Waals surface area contributed by atoms with Gasteiger partial charge in [-0.25, -0.2) is 13.4 Å². The predicted octanol–water partition coefficient (Wildman–Crippen LogP) is 6.09. The first-order valence-corrected chi connectivity index (χ1v) is 16.1. The topological polar surface area (TPSA) is 126 Å². The van der Waals surface area contributed by atoms with Gasteiger partial charge in [0.1, 0.15) is 16.1 Å². The molecule has 14 heteroatoms. The second-order valence-corrected chi connectivity index (χ2v) is 13.3. The van der Waals surface area contributed by atoms with E-state index in [0.717, 1.165) is 12.8 Å². The highest BCUT2D eigenvalue weighted by atomic mass is 35.5. The van der Waals surface area contributed by atoms with E-state index in [-0.39, 0.29) is 41.3 Å². The van der Waals surface area contributed by atoms with Crippen molar-refractivity contribution in [3.63, 3.8) is 0 Å². The maximum Gasteiger partial charge on any atom is 0.387 e. The van der Waals surface area contributed by atoms with Crippen LogP contribution in [0.3, 0.4) is 0 Å². The number of esters is 1. The quantitative estimate of drug-likeness (QED) is 0.201. The van der Waals surface area contributed by atoms with Crippen LogP contribution < -0.4 is 14.5 Å². The minimum absolute atomic E-state index is 0. The van der Waals surface area contributed by atoms with Gasteiger partial charge in [0, 0.05) is 24.6 Å². The molecule has 0 spiro atoms. The molecular weight excluding hydrogens is 641 g/mol. The monoisotopic (exact) mass is 672 g/mol. The minimum atomic E-state index is -3.81. The minimum Gasteiger partial charge on any atom is -0.870 e. The zero-order chi connectivity index (χ0) is 30.6. The van der Waals surface area contributed by atoms with Crippen molar-refractivity contribution in [3.05, 3.63) is 82.1 Å². The number of rotatable bonds is 13. The summed E-state index contributed by atoms with van der Waals surface area (Å²) in [5, 5.41) is 0.625. The van der Waals surface area contributed by atoms with Gasteiger partial charge in [-0.1, -0.05) is 47.5 Å². The smallest absolute Gasteiger partial charge is 0.387 e. The SMILES string of the molecule is O=C(C[C@@H]1CCCN1S(=O)(=O)c1ccccc1)O[C@@H](Cc1c(Cl)c[nH+]cc1Cl)c1ccc(OC(F)F)c(OCC2CC2)c1.[OH-]. The number of ether oxygens (including phenoxy) is 3. The Balaban J connectivity index is 0.00000442. The summed E-state index contributed by atoms with van der Waals surface area (Å²) in [5.74, 6) is -0.326. The molecule has 2 aromatic carbocycles. The Morgan fingerprint density at radius 3 is 2.39 bits per heavy atom. The second kappa shape index (κ2) is 14.8. The van der Waals surface area contributed by atoms with Gasteiger partial charge in [-0.2, -0.15) is 13.1 Å². The number of nitrogens with zero attached hydrogens (tertiary/aromatic N) is 1. The van der Waals surface area contributed by atoms with Crippen LogP contribution in [0.25, 0.3) is 0 Å². The van der Waals surface area contributed by atoms with Crippen molar-refractivity contribution >= 4 is 39.2 Å². The van der Waals surface area contributed by atoms with E-state index in [0.29, 0.717) is 46.5 Å². The van der Waals surface area contributed by atoms with E-state index in [9.17, 15) is 22.0 Å². The first-order valence-electron chi connectivity index (χ1n) is 13.9. The Morgan fingerprint density at radius 2 is 1.73 bits per heavy atom. The Labute approximate surface area is 264 Å². The third kappa shape index (κ3) is 8.36. The molecule has 1 aliphatic heterocycles. The molecular formula is C30H32Cl2F2N2O7S. The van der Waals surface area contributed by atoms with Gasteiger partial charge in [0.05, 0.1) is 17.9 Å². The first kappa shape index (κ1) is 33.9. The fraction of sp³-hybridized carbons (Fsp3) is 0.400. The van der Waals surface area contributed by atoms with E-state index in [4.69, 9.17) is 32.7 Å². The van der Waals surface area contributed by atoms with Crippen LogP contribution in [0.15, 0.2) is 65.8 Å². The number of pyridine rings is 1. The Kier molecular flexibility index (Phi) is 11.4. The number of carbonyl (C=O) groups excluding carboxylic acids is 1. The van der Waals surface area contributed by atoms with Gasteiger partial charge in [-0.15, -0.1) is 0 Å². The van der Waals surface area contributed by atoms with Crippen molar-refractivity contribution < 1.29 is 46.7 Å². The van der Waals surface area contributed by atoms with E-state index >= 15 is 0 Å². The molecule has 2 fully saturated rings. The molecule has 0 bridgehead atoms. The molecule has 1 aromatic heterocycles. The number of aromatic amines is 1. The molecule has 0 radical (unpaired) electrons. The number of H-pyrrole nitrogens is 1. The predicted molar refractivity (Wildman–Crippen MR) is 157 cm³/mol. The molecule has 2 heterocycles. The summed E-state index contributed by atoms with van der Waals surface area (Å²) in [7, 11) is -3.81. The van der Waals surface area contributed by atoms with Crippen LogP contribution in [0.5, 0.6) is 11.5 Å². The van der Waals surface area contributed by atoms with E-state index in [1.165, 1.54) is 47.0 Å². The fourth-order valence-electron chi connectivity index (χ4n) is 5.06. The zero-order valence-corrected chi connectivity index (χ0v) is 25.8. The Bertz CT molecular complexity index is 1530. The molecule has 1 aliphatic carbocycles. The first-order chi connectivity index (χ1) is 20.6. The number of carbonyl (C=O) groups is 1. The lowest BCUT2D eigenvalue weighted by molar-refractivity contribution is -0.377. The highest BCUT2D eigenvalue weighted by molar-refractivity contribution is 7.89. The van der Waals surface area contributed by atoms with Crippen molar-refractivity contribution in [3.8, 4) is 11.5 Å². The van der Waals surface area contributed by atoms with Gasteiger partial charge in [-0.3, -0.25) is 4.79 Å². The van der Waals surface area contributed by atoms with Gasteiger partial charge in [0.2, 0.25) is 10.0 Å². The van der Waals surface area contributed by atoms with Crippen LogP contribution in [0, 0.1) is 5.92 Å². The molecule has 2 aliphatic rings. The molecule has 238 valence electrons. The molecule has 2 N–H and O–H groups in total. The molecule has 1 saturated heterocycles. The van der Waals surface area contributed by atoms with Crippen molar-refractivity contribution in [2.24, 2.45) is 5.92 Å². The fourth-order valence-corrected chi connectivity index (χ4v) is 7.31. The van der Waals surface area contributed by atoms with Crippen LogP contribution >= 0.6 is 23.2 Å². The highest BCUT2D eigenvalue weighted by Gasteiger charge is 2.37. The zero-order valence-electron chi connectivity index (χ0n) is 23.5. The summed E-state index contributed by atoms with van der Waals surface area (Å²) in [4.78, 5) is 16.4. The average Bonchev–Trinajstić information content (AvgIpc) is 3.69. The number of benzene rings is 2. The van der Waals surface area contributed by atoms with E-state index in [2.05, 4.69) is 9.72 Å². The van der Waals surface area contributed by atoms with E-state index < -0.39 is 34.7 Å². The number of hydrogen-bond acceptors (Lipinski definition) is 7. The average molecular weight is 674 g/mol. The third-order valence-electron chi connectivity index (χ3n) is 7.46. The number of halogens is 4. The molecule has 5 rings (SSSR count). The summed E-state index contributed by atoms with van der Waals surface area (Å²) >= 11 is 12.8. The van der Waals surface area contributed by atoms with Crippen LogP contribution in [0.1, 0.15) is 49.3 Å². The Hall–Kier alpha value is -3.03. The molecule has 0 amide bonds. The van der Waals surface area contributed by atoms with Gasteiger partial charge in [0.25, 0.3) is 0 Å². The maximum absolute atomic E-state index is 13.4. The molecule has 9 nitrogen and oxygen atoms in total. The van der Waals surface area contributed by atoms with Crippen molar-refractivity contribution in [1.29, 1.82) is 0 Å². The van der Waals surface area contributed by atoms with Crippen LogP contribution in [-0.4, -0.2) is 50.0 Å². The van der Waals surface area contributed by atoms with Crippen LogP contribution in [0.4, 0.5) is 8.78 Å². The largest absolute Gasteiger partial charge is 0.870 e. The number of hydrogen-bond donors (Lipinski definition) is 0. The van der Waals surface area contributed by atoms with Crippen LogP contribution in [-0.2, 0) is 26.0 Å². The molecule has 2 atom stereocenters. The number of alkyl halides is 2. The van der Waals surface area contributed by atoms with Gasteiger partial charge in [-0.05, 0) is 61.4 Å². The molecule has 3 aromatic rings. The summed E-state index contributed by atoms with van der Waals surface area (Å²) in [6.45, 7) is -2.42. The lowest BCUT2D eigenvalue weighted by Crippen LogP contribution is -2.37. The standard InChI is InChI=1S/C30H30Cl2F2N2O6S.H2O/c31-24-16-35-17-25(32)23(24)15-27(20-10-11-26(42-30(33)34)28(13-20)40-18-19-8-9-19)41-29(37)14-21-5-4-12-36(21)43(38,39)22-6-2-1-3-7-22;/h1-3,6-7,10-11,13,16-17,19,21,27,30H,4-5,8-9,12,14-15,18H2;1H2/t21-,27-;/m0./s1. The summed E-state index contributed by atoms with van der Waals surface area (Å²) in [6.07, 6.45) is 5.09. The lowest BCUT2D eigenvalue weighted by Gasteiger charge is -2.25.